The Hall–Kier alpha value is -4.26. The number of nitrogens with zero attached hydrogens (tertiary/aromatic N) is 6. The summed E-state index contributed by atoms with van der Waals surface area (Å²) in [5.74, 6) is 1.24. The van der Waals surface area contributed by atoms with Crippen molar-refractivity contribution < 1.29 is 18.8 Å². The predicted octanol–water partition coefficient (Wildman–Crippen LogP) is 5.53. The Morgan fingerprint density at radius 1 is 0.980 bits per heavy atom. The third kappa shape index (κ3) is 6.88. The molecule has 1 aromatic heterocycles. The van der Waals surface area contributed by atoms with E-state index in [-0.39, 0.29) is 17.8 Å². The molecule has 12 heteroatoms. The van der Waals surface area contributed by atoms with Gasteiger partial charge in [0.1, 0.15) is 23.7 Å². The molecule has 1 amide bonds. The highest BCUT2D eigenvalue weighted by molar-refractivity contribution is 6.02. The molecule has 1 aliphatic carbocycles. The number of fused-ring (bicyclic) bond motifs is 2. The second kappa shape index (κ2) is 14.2. The van der Waals surface area contributed by atoms with Gasteiger partial charge < -0.3 is 20.3 Å². The molecule has 4 saturated heterocycles. The number of hydroxylamine groups is 1. The van der Waals surface area contributed by atoms with Crippen molar-refractivity contribution in [1.29, 1.82) is 0 Å². The van der Waals surface area contributed by atoms with Crippen LogP contribution in [0.4, 0.5) is 33.1 Å². The number of piperidine rings is 1. The molecule has 5 aliphatic rings. The summed E-state index contributed by atoms with van der Waals surface area (Å²) >= 11 is 0. The van der Waals surface area contributed by atoms with E-state index in [1.807, 2.05) is 24.3 Å². The average Bonchev–Trinajstić information content (AvgIpc) is 3.81. The predicted molar refractivity (Wildman–Crippen MR) is 193 cm³/mol. The van der Waals surface area contributed by atoms with E-state index in [1.165, 1.54) is 57.2 Å². The first kappa shape index (κ1) is 32.9. The van der Waals surface area contributed by atoms with E-state index in [0.717, 1.165) is 61.7 Å². The van der Waals surface area contributed by atoms with Gasteiger partial charge in [-0.1, -0.05) is 18.7 Å². The SMILES string of the molecule is C=CC(=O)Nc1cc(Nc2cc(N3OCC[C@@H]3Cc3cccc(F)c3)ncn2)c(OC)cc1N1CCC(N2CC3CCC(C2)N3C2CC2)CC1. The standard InChI is InChI=1S/C38H47FN8O3/c1-3-38(48)43-32-19-33(42-36-21-37(41-24-40-36)47-29(13-16-50-47)18-25-5-4-6-26(39)17-25)35(49-2)20-34(32)44-14-11-27(12-15-44)45-22-30-9-10-31(23-45)46(30)28-7-8-28/h3-6,17,19-21,24,27-31H,1,7-16,18,22-23H2,2H3,(H,43,48)(H,40,41,42)/t29-,30?,31?/m1/s1. The Kier molecular flexibility index (Phi) is 9.32. The maximum absolute atomic E-state index is 13.9. The minimum Gasteiger partial charge on any atom is -0.494 e. The van der Waals surface area contributed by atoms with Crippen LogP contribution in [-0.4, -0.2) is 95.8 Å². The van der Waals surface area contributed by atoms with Crippen molar-refractivity contribution in [2.45, 2.75) is 81.6 Å². The number of nitrogens with one attached hydrogen (secondary N) is 2. The van der Waals surface area contributed by atoms with Gasteiger partial charge in [0.25, 0.3) is 0 Å². The molecule has 8 rings (SSSR count). The van der Waals surface area contributed by atoms with Gasteiger partial charge in [0.2, 0.25) is 5.91 Å². The number of aromatic nitrogens is 2. The lowest BCUT2D eigenvalue weighted by molar-refractivity contribution is -0.111. The zero-order valence-corrected chi connectivity index (χ0v) is 28.8. The monoisotopic (exact) mass is 682 g/mol. The van der Waals surface area contributed by atoms with E-state index in [4.69, 9.17) is 9.57 Å². The summed E-state index contributed by atoms with van der Waals surface area (Å²) in [6.07, 6.45) is 11.8. The van der Waals surface area contributed by atoms with E-state index in [9.17, 15) is 9.18 Å². The van der Waals surface area contributed by atoms with E-state index < -0.39 is 0 Å². The molecule has 264 valence electrons. The highest BCUT2D eigenvalue weighted by atomic mass is 19.1. The zero-order chi connectivity index (χ0) is 34.2. The first-order valence-electron chi connectivity index (χ1n) is 18.1. The molecule has 5 fully saturated rings. The third-order valence-corrected chi connectivity index (χ3v) is 11.1. The maximum atomic E-state index is 13.9. The Morgan fingerprint density at radius 3 is 2.48 bits per heavy atom. The maximum Gasteiger partial charge on any atom is 0.247 e. The lowest BCUT2D eigenvalue weighted by atomic mass is 9.99. The van der Waals surface area contributed by atoms with Crippen molar-refractivity contribution in [2.75, 3.05) is 60.5 Å². The number of carbonyl (C=O) groups is 1. The first-order chi connectivity index (χ1) is 24.4. The van der Waals surface area contributed by atoms with E-state index in [2.05, 4.69) is 41.9 Å². The number of anilines is 5. The lowest BCUT2D eigenvalue weighted by Crippen LogP contribution is -2.58. The molecular formula is C38H47FN8O3. The van der Waals surface area contributed by atoms with Gasteiger partial charge in [-0.2, -0.15) is 0 Å². The summed E-state index contributed by atoms with van der Waals surface area (Å²) in [7, 11) is 1.65. The fraction of sp³-hybridized carbons (Fsp3) is 0.500. The van der Waals surface area contributed by atoms with Crippen molar-refractivity contribution in [1.82, 2.24) is 19.8 Å². The number of hydrogen-bond acceptors (Lipinski definition) is 10. The van der Waals surface area contributed by atoms with Gasteiger partial charge >= 0.3 is 0 Å². The van der Waals surface area contributed by atoms with Crippen LogP contribution in [0.25, 0.3) is 0 Å². The Morgan fingerprint density at radius 2 is 1.76 bits per heavy atom. The zero-order valence-electron chi connectivity index (χ0n) is 28.8. The summed E-state index contributed by atoms with van der Waals surface area (Å²) in [6.45, 7) is 8.43. The molecule has 1 saturated carbocycles. The van der Waals surface area contributed by atoms with Crippen molar-refractivity contribution >= 4 is 34.6 Å². The number of hydrogen-bond donors (Lipinski definition) is 2. The van der Waals surface area contributed by atoms with Gasteiger partial charge in [0, 0.05) is 62.5 Å². The summed E-state index contributed by atoms with van der Waals surface area (Å²) in [4.78, 5) is 35.6. The van der Waals surface area contributed by atoms with Crippen LogP contribution < -0.4 is 25.3 Å². The molecule has 4 aliphatic heterocycles. The van der Waals surface area contributed by atoms with E-state index in [1.54, 1.807) is 24.3 Å². The van der Waals surface area contributed by atoms with Crippen LogP contribution in [0.2, 0.25) is 0 Å². The number of methoxy groups -OCH3 is 1. The number of likely N-dealkylation sites (tertiary alicyclic amines) is 1. The van der Waals surface area contributed by atoms with Gasteiger partial charge in [-0.3, -0.25) is 19.4 Å². The molecule has 0 radical (unpaired) electrons. The minimum atomic E-state index is -0.277. The second-order valence-electron chi connectivity index (χ2n) is 14.3. The summed E-state index contributed by atoms with van der Waals surface area (Å²) in [5.41, 5.74) is 3.16. The highest BCUT2D eigenvalue weighted by Crippen LogP contribution is 2.43. The Labute approximate surface area is 293 Å². The first-order valence-corrected chi connectivity index (χ1v) is 18.1. The van der Waals surface area contributed by atoms with Crippen LogP contribution in [0.1, 0.15) is 50.5 Å². The van der Waals surface area contributed by atoms with Gasteiger partial charge in [0.05, 0.1) is 36.8 Å². The lowest BCUT2D eigenvalue weighted by Gasteiger charge is -2.47. The largest absolute Gasteiger partial charge is 0.494 e. The van der Waals surface area contributed by atoms with Gasteiger partial charge in [-0.25, -0.2) is 19.4 Å². The number of halogens is 1. The van der Waals surface area contributed by atoms with Crippen LogP contribution in [0.3, 0.4) is 0 Å². The molecular weight excluding hydrogens is 635 g/mol. The minimum absolute atomic E-state index is 0.000657. The number of piperazine rings is 1. The Bertz CT molecular complexity index is 1700. The quantitative estimate of drug-likeness (QED) is 0.252. The van der Waals surface area contributed by atoms with Crippen LogP contribution in [-0.2, 0) is 16.1 Å². The summed E-state index contributed by atoms with van der Waals surface area (Å²) in [5, 5.41) is 8.22. The van der Waals surface area contributed by atoms with Gasteiger partial charge in [-0.05, 0) is 81.2 Å². The molecule has 3 aromatic rings. The average molecular weight is 683 g/mol. The van der Waals surface area contributed by atoms with Crippen molar-refractivity contribution in [3.63, 3.8) is 0 Å². The van der Waals surface area contributed by atoms with Crippen molar-refractivity contribution in [3.05, 3.63) is 72.8 Å². The molecule has 3 atom stereocenters. The highest BCUT2D eigenvalue weighted by Gasteiger charge is 2.47. The molecule has 11 nitrogen and oxygen atoms in total. The van der Waals surface area contributed by atoms with E-state index in [0.29, 0.717) is 47.8 Å². The van der Waals surface area contributed by atoms with Crippen LogP contribution in [0.5, 0.6) is 5.75 Å². The number of benzene rings is 2. The van der Waals surface area contributed by atoms with Crippen molar-refractivity contribution in [3.8, 4) is 5.75 Å². The number of ether oxygens (including phenoxy) is 1. The third-order valence-electron chi connectivity index (χ3n) is 11.1. The van der Waals surface area contributed by atoms with Crippen LogP contribution >= 0.6 is 0 Å². The topological polar surface area (TPSA) is 98.3 Å². The molecule has 2 bridgehead atoms. The van der Waals surface area contributed by atoms with E-state index >= 15 is 0 Å². The number of amides is 1. The molecule has 5 heterocycles. The second-order valence-corrected chi connectivity index (χ2v) is 14.3. The van der Waals surface area contributed by atoms with Gasteiger partial charge in [0.15, 0.2) is 5.82 Å². The summed E-state index contributed by atoms with van der Waals surface area (Å²) < 4.78 is 19.8. The Balaban J connectivity index is 0.977. The molecule has 2 N–H and O–H groups in total. The number of rotatable bonds is 11. The molecule has 2 unspecified atom stereocenters. The van der Waals surface area contributed by atoms with Crippen LogP contribution in [0.15, 0.2) is 61.4 Å². The summed E-state index contributed by atoms with van der Waals surface area (Å²) in [6, 6.07) is 15.3. The van der Waals surface area contributed by atoms with Crippen molar-refractivity contribution in [2.24, 2.45) is 0 Å². The molecule has 50 heavy (non-hydrogen) atoms. The van der Waals surface area contributed by atoms with Gasteiger partial charge in [-0.15, -0.1) is 0 Å². The number of carbonyl (C=O) groups excluding carboxylic acids is 1. The molecule has 2 aromatic carbocycles. The van der Waals surface area contributed by atoms with Crippen LogP contribution in [0, 0.1) is 5.82 Å². The fourth-order valence-electron chi connectivity index (χ4n) is 8.65. The fourth-order valence-corrected chi connectivity index (χ4v) is 8.65. The smallest absolute Gasteiger partial charge is 0.247 e. The normalized spacial score (nSPS) is 24.4. The molecule has 0 spiro atoms.